The van der Waals surface area contributed by atoms with E-state index in [1.54, 1.807) is 4.90 Å². The van der Waals surface area contributed by atoms with Crippen LogP contribution in [0.25, 0.3) is 0 Å². The fourth-order valence-corrected chi connectivity index (χ4v) is 6.54. The van der Waals surface area contributed by atoms with Crippen LogP contribution >= 0.6 is 0 Å². The van der Waals surface area contributed by atoms with Gasteiger partial charge in [0.25, 0.3) is 5.91 Å². The second-order valence-corrected chi connectivity index (χ2v) is 9.38. The number of nitrogens with zero attached hydrogens (tertiary/aromatic N) is 1. The van der Waals surface area contributed by atoms with E-state index in [0.29, 0.717) is 6.42 Å². The Bertz CT molecular complexity index is 1080. The average molecular weight is 417 g/mol. The number of rotatable bonds is 3. The third-order valence-corrected chi connectivity index (χ3v) is 7.81. The monoisotopic (exact) mass is 416 g/mol. The number of para-hydroxylation sites is 1. The normalized spacial score (nSPS) is 32.1. The highest BCUT2D eigenvalue weighted by Crippen LogP contribution is 2.50. The van der Waals surface area contributed by atoms with Gasteiger partial charge in [-0.05, 0) is 24.5 Å². The summed E-state index contributed by atoms with van der Waals surface area (Å²) >= 11 is 0. The van der Waals surface area contributed by atoms with Crippen molar-refractivity contribution in [1.29, 1.82) is 0 Å². The van der Waals surface area contributed by atoms with Crippen molar-refractivity contribution >= 4 is 23.4 Å². The molecule has 4 aliphatic rings. The topological polar surface area (TPSA) is 83.1 Å². The summed E-state index contributed by atoms with van der Waals surface area (Å²) in [4.78, 5) is 42.5. The third kappa shape index (κ3) is 2.51. The molecule has 0 radical (unpaired) electrons. The van der Waals surface area contributed by atoms with Crippen LogP contribution < -0.4 is 10.6 Å². The Labute approximate surface area is 181 Å². The number of nitrogens with two attached hydrogens (primary N) is 1. The third-order valence-electron chi connectivity index (χ3n) is 7.81. The molecule has 3 heterocycles. The van der Waals surface area contributed by atoms with Gasteiger partial charge in [-0.2, -0.15) is 0 Å². The van der Waals surface area contributed by atoms with Crippen molar-refractivity contribution in [2.45, 2.75) is 49.7 Å². The predicted octanol–water partition coefficient (Wildman–Crippen LogP) is 1.57. The fourth-order valence-electron chi connectivity index (χ4n) is 6.54. The number of likely N-dealkylation sites (tertiary alicyclic amines) is 1. The fraction of sp³-hybridized carbons (Fsp3) is 0.400. The van der Waals surface area contributed by atoms with Crippen molar-refractivity contribution in [2.24, 2.45) is 11.8 Å². The number of fused-ring (bicyclic) bond motifs is 4. The van der Waals surface area contributed by atoms with Gasteiger partial charge in [0.15, 0.2) is 0 Å². The molecule has 0 aromatic heterocycles. The van der Waals surface area contributed by atoms with Crippen LogP contribution in [0.5, 0.6) is 0 Å². The van der Waals surface area contributed by atoms with Gasteiger partial charge in [-0.25, -0.2) is 0 Å². The number of hydrogen-bond donors (Lipinski definition) is 2. The van der Waals surface area contributed by atoms with Gasteiger partial charge in [0, 0.05) is 18.0 Å². The molecule has 3 aliphatic heterocycles. The van der Waals surface area contributed by atoms with E-state index in [1.807, 2.05) is 59.9 Å². The number of amides is 3. The molecule has 2 saturated heterocycles. The molecule has 1 aliphatic carbocycles. The molecule has 6 nitrogen and oxygen atoms in total. The molecule has 31 heavy (non-hydrogen) atoms. The molecule has 0 unspecified atom stereocenters. The maximum atomic E-state index is 13.8. The average Bonchev–Trinajstić information content (AvgIpc) is 3.52. The first-order valence-corrected chi connectivity index (χ1v) is 11.3. The van der Waals surface area contributed by atoms with Crippen molar-refractivity contribution in [3.63, 3.8) is 0 Å². The van der Waals surface area contributed by atoms with Crippen molar-refractivity contribution in [3.05, 3.63) is 65.7 Å². The quantitative estimate of drug-likeness (QED) is 0.745. The van der Waals surface area contributed by atoms with Crippen LogP contribution in [0.15, 0.2) is 54.6 Å². The van der Waals surface area contributed by atoms with Crippen LogP contribution in [-0.2, 0) is 26.3 Å². The largest absolute Gasteiger partial charge is 0.326 e. The van der Waals surface area contributed by atoms with Gasteiger partial charge in [-0.1, -0.05) is 61.4 Å². The molecular formula is C25H26N3O3+. The molecule has 6 rings (SSSR count). The molecule has 3 N–H and O–H groups in total. The van der Waals surface area contributed by atoms with E-state index in [1.165, 1.54) is 0 Å². The van der Waals surface area contributed by atoms with Gasteiger partial charge in [-0.15, -0.1) is 0 Å². The molecule has 0 bridgehead atoms. The second-order valence-electron chi connectivity index (χ2n) is 9.38. The van der Waals surface area contributed by atoms with Crippen LogP contribution in [0.4, 0.5) is 5.69 Å². The van der Waals surface area contributed by atoms with E-state index in [0.717, 1.165) is 42.5 Å². The number of quaternary nitrogens is 1. The first-order valence-electron chi connectivity index (χ1n) is 11.3. The van der Waals surface area contributed by atoms with Gasteiger partial charge in [0.1, 0.15) is 17.9 Å². The summed E-state index contributed by atoms with van der Waals surface area (Å²) in [6, 6.07) is 17.5. The van der Waals surface area contributed by atoms with Gasteiger partial charge < -0.3 is 10.6 Å². The minimum atomic E-state index is -1.07. The Morgan fingerprint density at radius 3 is 2.42 bits per heavy atom. The molecule has 3 amide bonds. The standard InChI is InChI=1S/C25H25N3O3/c29-22-20-19(14-15-8-2-1-3-9-15)27-25(17-12-6-7-13-18(17)26-24(25)31)21(20)23(30)28(22)16-10-4-5-11-16/h1-3,6-9,12-13,16,19-21,27H,4-5,10-11,14H2,(H,26,31)/p+1/t19-,20+,21+,25+/m0/s1. The molecule has 3 fully saturated rings. The lowest BCUT2D eigenvalue weighted by Gasteiger charge is -2.28. The molecule has 4 atom stereocenters. The predicted molar refractivity (Wildman–Crippen MR) is 114 cm³/mol. The van der Waals surface area contributed by atoms with Crippen molar-refractivity contribution in [2.75, 3.05) is 5.32 Å². The van der Waals surface area contributed by atoms with Crippen molar-refractivity contribution < 1.29 is 19.7 Å². The molecule has 2 aromatic carbocycles. The zero-order valence-corrected chi connectivity index (χ0v) is 17.3. The van der Waals surface area contributed by atoms with E-state index in [9.17, 15) is 14.4 Å². The lowest BCUT2D eigenvalue weighted by molar-refractivity contribution is -0.733. The number of benzene rings is 2. The number of anilines is 1. The Morgan fingerprint density at radius 1 is 0.935 bits per heavy atom. The zero-order chi connectivity index (χ0) is 21.2. The van der Waals surface area contributed by atoms with Gasteiger partial charge in [-0.3, -0.25) is 19.3 Å². The molecule has 1 saturated carbocycles. The van der Waals surface area contributed by atoms with E-state index in [-0.39, 0.29) is 29.8 Å². The smallest absolute Gasteiger partial charge is 0.291 e. The number of hydrogen-bond acceptors (Lipinski definition) is 3. The van der Waals surface area contributed by atoms with E-state index in [4.69, 9.17) is 0 Å². The lowest BCUT2D eigenvalue weighted by atomic mass is 9.76. The van der Waals surface area contributed by atoms with Crippen LogP contribution in [0, 0.1) is 11.8 Å². The van der Waals surface area contributed by atoms with Crippen LogP contribution in [0.2, 0.25) is 0 Å². The van der Waals surface area contributed by atoms with Gasteiger partial charge in [0.05, 0.1) is 5.69 Å². The maximum absolute atomic E-state index is 13.8. The number of nitrogens with one attached hydrogen (secondary N) is 1. The summed E-state index contributed by atoms with van der Waals surface area (Å²) in [5, 5.41) is 5.02. The van der Waals surface area contributed by atoms with E-state index >= 15 is 0 Å². The molecule has 6 heteroatoms. The van der Waals surface area contributed by atoms with Crippen LogP contribution in [0.1, 0.15) is 36.8 Å². The first-order chi connectivity index (χ1) is 15.1. The highest BCUT2D eigenvalue weighted by Gasteiger charge is 2.74. The summed E-state index contributed by atoms with van der Waals surface area (Å²) in [7, 11) is 0. The minimum absolute atomic E-state index is 0.0141. The summed E-state index contributed by atoms with van der Waals surface area (Å²) in [6.07, 6.45) is 4.49. The van der Waals surface area contributed by atoms with Gasteiger partial charge in [0.2, 0.25) is 17.4 Å². The molecular weight excluding hydrogens is 390 g/mol. The van der Waals surface area contributed by atoms with Crippen LogP contribution in [0.3, 0.4) is 0 Å². The number of imide groups is 1. The summed E-state index contributed by atoms with van der Waals surface area (Å²) in [6.45, 7) is 0. The van der Waals surface area contributed by atoms with Gasteiger partial charge >= 0.3 is 0 Å². The Balaban J connectivity index is 1.47. The first kappa shape index (κ1) is 18.8. The summed E-state index contributed by atoms with van der Waals surface area (Å²) < 4.78 is 0. The summed E-state index contributed by atoms with van der Waals surface area (Å²) in [5.41, 5.74) is 1.63. The maximum Gasteiger partial charge on any atom is 0.291 e. The Hall–Kier alpha value is -2.99. The highest BCUT2D eigenvalue weighted by molar-refractivity contribution is 6.14. The Kier molecular flexibility index (Phi) is 4.09. The summed E-state index contributed by atoms with van der Waals surface area (Å²) in [5.74, 6) is -1.54. The SMILES string of the molecule is O=C1[C@@H]2[C@H](Cc3ccccc3)[NH2+][C@@]3(C(=O)Nc4ccccc43)[C@H]2C(=O)N1C1CCCC1. The highest BCUT2D eigenvalue weighted by atomic mass is 16.2. The van der Waals surface area contributed by atoms with Crippen LogP contribution in [-0.4, -0.2) is 34.7 Å². The number of carbonyl (C=O) groups excluding carboxylic acids is 3. The number of carbonyl (C=O) groups is 3. The second kappa shape index (κ2) is 6.76. The Morgan fingerprint density at radius 2 is 1.65 bits per heavy atom. The zero-order valence-electron chi connectivity index (χ0n) is 17.3. The van der Waals surface area contributed by atoms with E-state index < -0.39 is 17.4 Å². The molecule has 158 valence electrons. The molecule has 1 spiro atoms. The lowest BCUT2D eigenvalue weighted by Crippen LogP contribution is -2.99. The minimum Gasteiger partial charge on any atom is -0.326 e. The molecule has 2 aromatic rings. The van der Waals surface area contributed by atoms with E-state index in [2.05, 4.69) is 5.32 Å². The van der Waals surface area contributed by atoms with Crippen molar-refractivity contribution in [1.82, 2.24) is 4.90 Å². The van der Waals surface area contributed by atoms with Crippen molar-refractivity contribution in [3.8, 4) is 0 Å².